The number of amides is 1. The molecular formula is C26H35N3O3. The number of nitrogens with zero attached hydrogens (tertiary/aromatic N) is 2. The van der Waals surface area contributed by atoms with Gasteiger partial charge in [-0.2, -0.15) is 0 Å². The van der Waals surface area contributed by atoms with Crippen LogP contribution in [0.3, 0.4) is 0 Å². The molecule has 1 aliphatic carbocycles. The van der Waals surface area contributed by atoms with Crippen molar-refractivity contribution < 1.29 is 15.0 Å². The molecular weight excluding hydrogens is 402 g/mol. The lowest BCUT2D eigenvalue weighted by molar-refractivity contribution is 0.00482. The molecule has 4 rings (SSSR count). The monoisotopic (exact) mass is 437 g/mol. The van der Waals surface area contributed by atoms with E-state index in [9.17, 15) is 15.0 Å². The second-order valence-electron chi connectivity index (χ2n) is 9.47. The third-order valence-electron chi connectivity index (χ3n) is 7.34. The predicted octanol–water partition coefficient (Wildman–Crippen LogP) is 2.82. The molecule has 2 fully saturated rings. The molecule has 6 nitrogen and oxygen atoms in total. The van der Waals surface area contributed by atoms with Gasteiger partial charge in [-0.3, -0.25) is 9.69 Å². The van der Waals surface area contributed by atoms with Crippen molar-refractivity contribution in [1.29, 1.82) is 0 Å². The van der Waals surface area contributed by atoms with E-state index in [1.165, 1.54) is 5.56 Å². The second-order valence-corrected chi connectivity index (χ2v) is 9.47. The highest BCUT2D eigenvalue weighted by molar-refractivity contribution is 5.92. The van der Waals surface area contributed by atoms with Gasteiger partial charge in [-0.25, -0.2) is 4.98 Å². The summed E-state index contributed by atoms with van der Waals surface area (Å²) in [5.41, 5.74) is 2.24. The summed E-state index contributed by atoms with van der Waals surface area (Å²) >= 11 is 0. The molecule has 1 aromatic carbocycles. The van der Waals surface area contributed by atoms with Crippen LogP contribution in [0, 0.1) is 6.92 Å². The van der Waals surface area contributed by atoms with E-state index < -0.39 is 6.10 Å². The van der Waals surface area contributed by atoms with Crippen LogP contribution in [0.5, 0.6) is 0 Å². The Kier molecular flexibility index (Phi) is 7.23. The van der Waals surface area contributed by atoms with Crippen LogP contribution in [0.4, 0.5) is 0 Å². The SMILES string of the molecule is Cc1cccc(C(=O)NC[C@@]2(c3ccccc3)CC[C@H](O)[C@@H](N3CCC(O)CC3)CC2)n1. The van der Waals surface area contributed by atoms with Crippen molar-refractivity contribution in [3.05, 3.63) is 65.5 Å². The molecule has 172 valence electrons. The van der Waals surface area contributed by atoms with Gasteiger partial charge in [0.25, 0.3) is 5.91 Å². The number of piperidine rings is 1. The molecule has 3 N–H and O–H groups in total. The topological polar surface area (TPSA) is 85.7 Å². The number of rotatable bonds is 5. The van der Waals surface area contributed by atoms with Gasteiger partial charge in [-0.15, -0.1) is 0 Å². The number of carbonyl (C=O) groups excluding carboxylic acids is 1. The third-order valence-corrected chi connectivity index (χ3v) is 7.34. The van der Waals surface area contributed by atoms with Crippen LogP contribution in [0.2, 0.25) is 0 Å². The minimum atomic E-state index is -0.398. The van der Waals surface area contributed by atoms with Gasteiger partial charge in [0.1, 0.15) is 5.69 Å². The maximum Gasteiger partial charge on any atom is 0.269 e. The van der Waals surface area contributed by atoms with Crippen molar-refractivity contribution in [2.24, 2.45) is 0 Å². The minimum absolute atomic E-state index is 0.0993. The first-order valence-corrected chi connectivity index (χ1v) is 11.8. The zero-order valence-corrected chi connectivity index (χ0v) is 18.9. The number of hydrogen-bond acceptors (Lipinski definition) is 5. The van der Waals surface area contributed by atoms with Crippen molar-refractivity contribution in [3.8, 4) is 0 Å². The molecule has 1 aliphatic heterocycles. The fraction of sp³-hybridized carbons (Fsp3) is 0.538. The standard InChI is InChI=1S/C26H35N3O3/c1-19-6-5-9-22(28-19)25(32)27-18-26(20-7-3-2-4-8-20)14-10-23(24(31)11-15-26)29-16-12-21(30)13-17-29/h2-9,21,23-24,30-31H,10-18H2,1H3,(H,27,32)/t23-,24-,26-/m0/s1. The Bertz CT molecular complexity index is 898. The molecule has 0 unspecified atom stereocenters. The summed E-state index contributed by atoms with van der Waals surface area (Å²) in [5.74, 6) is -0.157. The van der Waals surface area contributed by atoms with Gasteiger partial charge < -0.3 is 15.5 Å². The van der Waals surface area contributed by atoms with Crippen LogP contribution in [-0.4, -0.2) is 63.9 Å². The summed E-state index contributed by atoms with van der Waals surface area (Å²) in [6.07, 6.45) is 4.18. The number of likely N-dealkylation sites (tertiary alicyclic amines) is 1. The molecule has 6 heteroatoms. The van der Waals surface area contributed by atoms with Crippen LogP contribution in [-0.2, 0) is 5.41 Å². The highest BCUT2D eigenvalue weighted by Crippen LogP contribution is 2.39. The summed E-state index contributed by atoms with van der Waals surface area (Å²) < 4.78 is 0. The largest absolute Gasteiger partial charge is 0.393 e. The number of aliphatic hydroxyl groups is 2. The van der Waals surface area contributed by atoms with Crippen LogP contribution < -0.4 is 5.32 Å². The van der Waals surface area contributed by atoms with Crippen molar-refractivity contribution >= 4 is 5.91 Å². The van der Waals surface area contributed by atoms with E-state index in [1.54, 1.807) is 6.07 Å². The molecule has 3 atom stereocenters. The van der Waals surface area contributed by atoms with Crippen molar-refractivity contribution in [2.45, 2.75) is 69.1 Å². The van der Waals surface area contributed by atoms with Gasteiger partial charge in [-0.05, 0) is 63.1 Å². The van der Waals surface area contributed by atoms with E-state index in [4.69, 9.17) is 0 Å². The molecule has 2 aromatic rings. The Labute approximate surface area is 190 Å². The Morgan fingerprint density at radius 2 is 1.75 bits per heavy atom. The van der Waals surface area contributed by atoms with Crippen LogP contribution in [0.1, 0.15) is 60.3 Å². The highest BCUT2D eigenvalue weighted by Gasteiger charge is 2.40. The van der Waals surface area contributed by atoms with Gasteiger partial charge in [-0.1, -0.05) is 36.4 Å². The van der Waals surface area contributed by atoms with E-state index in [0.29, 0.717) is 18.7 Å². The lowest BCUT2D eigenvalue weighted by Gasteiger charge is -2.38. The Hall–Kier alpha value is -2.28. The van der Waals surface area contributed by atoms with E-state index in [0.717, 1.165) is 50.9 Å². The molecule has 1 amide bonds. The van der Waals surface area contributed by atoms with Crippen molar-refractivity contribution in [1.82, 2.24) is 15.2 Å². The number of benzene rings is 1. The average Bonchev–Trinajstić information content (AvgIpc) is 2.98. The summed E-state index contributed by atoms with van der Waals surface area (Å²) in [6, 6.07) is 16.0. The van der Waals surface area contributed by atoms with E-state index in [2.05, 4.69) is 27.3 Å². The zero-order valence-electron chi connectivity index (χ0n) is 18.9. The molecule has 2 heterocycles. The first-order chi connectivity index (χ1) is 15.5. The quantitative estimate of drug-likeness (QED) is 0.627. The number of hydrogen-bond donors (Lipinski definition) is 3. The summed E-state index contributed by atoms with van der Waals surface area (Å²) in [4.78, 5) is 19.6. The summed E-state index contributed by atoms with van der Waals surface area (Å²) in [6.45, 7) is 4.06. The third kappa shape index (κ3) is 5.20. The fourth-order valence-electron chi connectivity index (χ4n) is 5.37. The summed E-state index contributed by atoms with van der Waals surface area (Å²) in [7, 11) is 0. The Morgan fingerprint density at radius 1 is 1.03 bits per heavy atom. The average molecular weight is 438 g/mol. The van der Waals surface area contributed by atoms with Crippen molar-refractivity contribution in [3.63, 3.8) is 0 Å². The maximum atomic E-state index is 12.9. The van der Waals surface area contributed by atoms with E-state index in [1.807, 2.05) is 37.3 Å². The smallest absolute Gasteiger partial charge is 0.269 e. The molecule has 1 saturated heterocycles. The maximum absolute atomic E-state index is 12.9. The first-order valence-electron chi connectivity index (χ1n) is 11.8. The van der Waals surface area contributed by atoms with Crippen LogP contribution in [0.15, 0.2) is 48.5 Å². The zero-order chi connectivity index (χ0) is 22.6. The number of nitrogens with one attached hydrogen (secondary N) is 1. The molecule has 2 aliphatic rings. The van der Waals surface area contributed by atoms with E-state index >= 15 is 0 Å². The summed E-state index contributed by atoms with van der Waals surface area (Å²) in [5, 5.41) is 24.1. The van der Waals surface area contributed by atoms with Gasteiger partial charge in [0, 0.05) is 36.8 Å². The lowest BCUT2D eigenvalue weighted by atomic mass is 9.74. The number of carbonyl (C=O) groups is 1. The van der Waals surface area contributed by atoms with Gasteiger partial charge in [0.15, 0.2) is 0 Å². The minimum Gasteiger partial charge on any atom is -0.393 e. The highest BCUT2D eigenvalue weighted by atomic mass is 16.3. The number of pyridine rings is 1. The number of aromatic nitrogens is 1. The molecule has 0 spiro atoms. The molecule has 1 aromatic heterocycles. The van der Waals surface area contributed by atoms with Crippen LogP contribution >= 0.6 is 0 Å². The normalized spacial score (nSPS) is 27.6. The fourth-order valence-corrected chi connectivity index (χ4v) is 5.37. The van der Waals surface area contributed by atoms with E-state index in [-0.39, 0.29) is 23.5 Å². The Morgan fingerprint density at radius 3 is 2.47 bits per heavy atom. The van der Waals surface area contributed by atoms with Gasteiger partial charge in [0.05, 0.1) is 12.2 Å². The molecule has 0 radical (unpaired) electrons. The molecule has 0 bridgehead atoms. The molecule has 32 heavy (non-hydrogen) atoms. The first kappa shape index (κ1) is 22.9. The second kappa shape index (κ2) is 10.1. The van der Waals surface area contributed by atoms with Gasteiger partial charge in [0.2, 0.25) is 0 Å². The lowest BCUT2D eigenvalue weighted by Crippen LogP contribution is -2.48. The van der Waals surface area contributed by atoms with Crippen molar-refractivity contribution in [2.75, 3.05) is 19.6 Å². The Balaban J connectivity index is 1.52. The molecule has 1 saturated carbocycles. The van der Waals surface area contributed by atoms with Crippen LogP contribution in [0.25, 0.3) is 0 Å². The predicted molar refractivity (Wildman–Crippen MR) is 125 cm³/mol. The van der Waals surface area contributed by atoms with Gasteiger partial charge >= 0.3 is 0 Å². The number of aliphatic hydroxyl groups excluding tert-OH is 2. The number of aryl methyl sites for hydroxylation is 1.